The molecule has 0 atom stereocenters. The molecule has 1 aliphatic rings. The molecule has 4 heteroatoms. The van der Waals surface area contributed by atoms with Crippen LogP contribution < -0.4 is 0 Å². The predicted molar refractivity (Wildman–Crippen MR) is 49.2 cm³/mol. The van der Waals surface area contributed by atoms with Gasteiger partial charge in [-0.2, -0.15) is 0 Å². The van der Waals surface area contributed by atoms with E-state index in [2.05, 4.69) is 0 Å². The zero-order valence-electron chi connectivity index (χ0n) is 7.77. The molecule has 1 saturated heterocycles. The molecule has 0 aromatic heterocycles. The molecule has 1 rings (SSSR count). The number of carbonyl (C=O) groups is 1. The zero-order chi connectivity index (χ0) is 9.19. The van der Waals surface area contributed by atoms with Crippen LogP contribution >= 0.6 is 0 Å². The van der Waals surface area contributed by atoms with Crippen molar-refractivity contribution < 1.29 is 8.90 Å². The van der Waals surface area contributed by atoms with E-state index in [0.717, 1.165) is 13.0 Å². The molecule has 1 aliphatic heterocycles. The highest BCUT2D eigenvalue weighted by atomic mass is 28.4. The third kappa shape index (κ3) is 2.93. The van der Waals surface area contributed by atoms with E-state index < -0.39 is 8.41 Å². The first kappa shape index (κ1) is 9.70. The smallest absolute Gasteiger partial charge is 0.242 e. The van der Waals surface area contributed by atoms with E-state index in [-0.39, 0.29) is 5.91 Å². The van der Waals surface area contributed by atoms with Crippen LogP contribution in [0.1, 0.15) is 12.8 Å². The van der Waals surface area contributed by atoms with E-state index >= 15 is 0 Å². The lowest BCUT2D eigenvalue weighted by Gasteiger charge is -2.18. The van der Waals surface area contributed by atoms with Crippen molar-refractivity contribution in [2.45, 2.75) is 32.0 Å². The first-order valence-corrected chi connectivity index (χ1v) is 7.54. The van der Waals surface area contributed by atoms with E-state index in [1.807, 2.05) is 0 Å². The molecule has 70 valence electrons. The van der Waals surface area contributed by atoms with Crippen LogP contribution in [0.15, 0.2) is 0 Å². The molecule has 0 saturated carbocycles. The average molecular weight is 189 g/mol. The molecule has 0 radical (unpaired) electrons. The highest BCUT2D eigenvalue weighted by molar-refractivity contribution is 6.70. The minimum Gasteiger partial charge on any atom is -0.343 e. The molecule has 2 nitrogen and oxygen atoms in total. The topological polar surface area (TPSA) is 20.3 Å². The normalized spacial score (nSPS) is 18.9. The molecule has 0 N–H and O–H groups in total. The number of likely N-dealkylation sites (tertiary alicyclic amines) is 1. The summed E-state index contributed by atoms with van der Waals surface area (Å²) in [6.45, 7) is 4.85. The van der Waals surface area contributed by atoms with Crippen molar-refractivity contribution >= 4 is 14.3 Å². The average Bonchev–Trinajstić information content (AvgIpc) is 2.29. The van der Waals surface area contributed by atoms with Gasteiger partial charge >= 0.3 is 0 Å². The van der Waals surface area contributed by atoms with Gasteiger partial charge in [0, 0.05) is 19.5 Å². The van der Waals surface area contributed by atoms with Gasteiger partial charge in [-0.1, -0.05) is 0 Å². The summed E-state index contributed by atoms with van der Waals surface area (Å²) in [5.41, 5.74) is 0. The molecule has 1 heterocycles. The standard InChI is InChI=1S/C8H16FNOSi/c1-12(2,9)7-6-10-5-3-4-8(10)11/h3-7H2,1-2H3. The van der Waals surface area contributed by atoms with Crippen LogP contribution in [0.4, 0.5) is 4.11 Å². The largest absolute Gasteiger partial charge is 0.343 e. The van der Waals surface area contributed by atoms with Gasteiger partial charge in [0.1, 0.15) is 0 Å². The van der Waals surface area contributed by atoms with Gasteiger partial charge in [0.05, 0.1) is 0 Å². The third-order valence-corrected chi connectivity index (χ3v) is 3.56. The summed E-state index contributed by atoms with van der Waals surface area (Å²) in [4.78, 5) is 12.9. The summed E-state index contributed by atoms with van der Waals surface area (Å²) < 4.78 is 13.2. The van der Waals surface area contributed by atoms with Gasteiger partial charge in [-0.3, -0.25) is 4.79 Å². The number of carbonyl (C=O) groups excluding carboxylic acids is 1. The third-order valence-electron chi connectivity index (χ3n) is 2.15. The van der Waals surface area contributed by atoms with Crippen LogP contribution in [-0.4, -0.2) is 32.3 Å². The van der Waals surface area contributed by atoms with Gasteiger partial charge in [-0.05, 0) is 25.6 Å². The Morgan fingerprint density at radius 2 is 2.25 bits per heavy atom. The van der Waals surface area contributed by atoms with Gasteiger partial charge in [-0.15, -0.1) is 0 Å². The van der Waals surface area contributed by atoms with E-state index in [9.17, 15) is 8.90 Å². The Labute approximate surface area is 73.9 Å². The van der Waals surface area contributed by atoms with Crippen molar-refractivity contribution in [3.63, 3.8) is 0 Å². The van der Waals surface area contributed by atoms with Gasteiger partial charge in [0.25, 0.3) is 0 Å². The maximum Gasteiger partial charge on any atom is 0.242 e. The Bertz CT molecular complexity index is 178. The monoisotopic (exact) mass is 189 g/mol. The molecular weight excluding hydrogens is 173 g/mol. The summed E-state index contributed by atoms with van der Waals surface area (Å²) in [6.07, 6.45) is 1.61. The lowest BCUT2D eigenvalue weighted by Crippen LogP contribution is -2.31. The Kier molecular flexibility index (Phi) is 2.88. The fraction of sp³-hybridized carbons (Fsp3) is 0.875. The molecule has 0 unspecified atom stereocenters. The van der Waals surface area contributed by atoms with Crippen molar-refractivity contribution in [3.8, 4) is 0 Å². The quantitative estimate of drug-likeness (QED) is 0.489. The van der Waals surface area contributed by atoms with Gasteiger partial charge in [-0.25, -0.2) is 0 Å². The highest BCUT2D eigenvalue weighted by Crippen LogP contribution is 2.15. The summed E-state index contributed by atoms with van der Waals surface area (Å²) in [5, 5.41) is 0. The molecule has 0 bridgehead atoms. The Morgan fingerprint density at radius 1 is 1.58 bits per heavy atom. The Hall–Kier alpha value is -0.383. The maximum absolute atomic E-state index is 13.2. The second-order valence-electron chi connectivity index (χ2n) is 3.95. The van der Waals surface area contributed by atoms with Crippen molar-refractivity contribution in [1.82, 2.24) is 4.90 Å². The molecule has 0 aromatic carbocycles. The molecule has 1 fully saturated rings. The number of halogens is 1. The van der Waals surface area contributed by atoms with E-state index in [1.54, 1.807) is 18.0 Å². The van der Waals surface area contributed by atoms with Crippen LogP contribution in [0.2, 0.25) is 19.1 Å². The van der Waals surface area contributed by atoms with Crippen molar-refractivity contribution in [1.29, 1.82) is 0 Å². The van der Waals surface area contributed by atoms with E-state index in [1.165, 1.54) is 0 Å². The van der Waals surface area contributed by atoms with Crippen LogP contribution in [0.25, 0.3) is 0 Å². The second-order valence-corrected chi connectivity index (χ2v) is 7.89. The van der Waals surface area contributed by atoms with Crippen molar-refractivity contribution in [3.05, 3.63) is 0 Å². The fourth-order valence-electron chi connectivity index (χ4n) is 1.34. The van der Waals surface area contributed by atoms with Crippen molar-refractivity contribution in [2.75, 3.05) is 13.1 Å². The van der Waals surface area contributed by atoms with Gasteiger partial charge < -0.3 is 9.01 Å². The highest BCUT2D eigenvalue weighted by Gasteiger charge is 2.25. The van der Waals surface area contributed by atoms with Crippen molar-refractivity contribution in [2.24, 2.45) is 0 Å². The van der Waals surface area contributed by atoms with Crippen LogP contribution in [-0.2, 0) is 4.79 Å². The molecule has 0 aromatic rings. The minimum absolute atomic E-state index is 0.202. The lowest BCUT2D eigenvalue weighted by atomic mass is 10.4. The first-order chi connectivity index (χ1) is 5.49. The van der Waals surface area contributed by atoms with Crippen LogP contribution in [0, 0.1) is 0 Å². The Balaban J connectivity index is 2.27. The SMILES string of the molecule is C[Si](C)(F)CCN1CCCC1=O. The fourth-order valence-corrected chi connectivity index (χ4v) is 2.14. The second kappa shape index (κ2) is 3.56. The van der Waals surface area contributed by atoms with Gasteiger partial charge in [0.2, 0.25) is 14.3 Å². The van der Waals surface area contributed by atoms with E-state index in [0.29, 0.717) is 19.0 Å². The maximum atomic E-state index is 13.2. The molecule has 0 aliphatic carbocycles. The summed E-state index contributed by atoms with van der Waals surface area (Å²) >= 11 is 0. The Morgan fingerprint density at radius 3 is 2.67 bits per heavy atom. The van der Waals surface area contributed by atoms with Crippen LogP contribution in [0.5, 0.6) is 0 Å². The number of nitrogens with zero attached hydrogens (tertiary/aromatic N) is 1. The first-order valence-electron chi connectivity index (χ1n) is 4.46. The zero-order valence-corrected chi connectivity index (χ0v) is 8.77. The molecular formula is C8H16FNOSi. The molecule has 12 heavy (non-hydrogen) atoms. The van der Waals surface area contributed by atoms with E-state index in [4.69, 9.17) is 0 Å². The van der Waals surface area contributed by atoms with Gasteiger partial charge in [0.15, 0.2) is 0 Å². The number of hydrogen-bond donors (Lipinski definition) is 0. The summed E-state index contributed by atoms with van der Waals surface area (Å²) in [6, 6.07) is 0.582. The number of rotatable bonds is 3. The summed E-state index contributed by atoms with van der Waals surface area (Å²) in [7, 11) is -2.45. The summed E-state index contributed by atoms with van der Waals surface area (Å²) in [5.74, 6) is 0.202. The minimum atomic E-state index is -2.45. The molecule has 1 amide bonds. The number of amides is 1. The van der Waals surface area contributed by atoms with Crippen LogP contribution in [0.3, 0.4) is 0 Å². The molecule has 0 spiro atoms. The lowest BCUT2D eigenvalue weighted by molar-refractivity contribution is -0.127. The number of hydrogen-bond acceptors (Lipinski definition) is 1. The predicted octanol–water partition coefficient (Wildman–Crippen LogP) is 1.78.